The highest BCUT2D eigenvalue weighted by atomic mass is 35.5. The molecule has 1 unspecified atom stereocenters. The van der Waals surface area contributed by atoms with Gasteiger partial charge in [-0.2, -0.15) is 0 Å². The quantitative estimate of drug-likeness (QED) is 0.862. The van der Waals surface area contributed by atoms with Gasteiger partial charge in [0.1, 0.15) is 11.7 Å². The van der Waals surface area contributed by atoms with Crippen LogP contribution in [0.1, 0.15) is 42.7 Å². The zero-order chi connectivity index (χ0) is 14.1. The summed E-state index contributed by atoms with van der Waals surface area (Å²) < 4.78 is 5.53. The number of furan rings is 1. The fourth-order valence-corrected chi connectivity index (χ4v) is 3.13. The van der Waals surface area contributed by atoms with Crippen LogP contribution in [0.2, 0.25) is 5.02 Å². The highest BCUT2D eigenvalue weighted by molar-refractivity contribution is 6.31. The molecule has 20 heavy (non-hydrogen) atoms. The SMILES string of the molecule is O=C(c1cc2cc(Cl)ccc2o1)C(O)C1CCCCC1. The van der Waals surface area contributed by atoms with Crippen molar-refractivity contribution in [3.63, 3.8) is 0 Å². The fourth-order valence-electron chi connectivity index (χ4n) is 2.95. The zero-order valence-corrected chi connectivity index (χ0v) is 11.9. The first-order valence-electron chi connectivity index (χ1n) is 7.06. The van der Waals surface area contributed by atoms with Gasteiger partial charge in [-0.1, -0.05) is 30.9 Å². The normalized spacial score (nSPS) is 18.3. The van der Waals surface area contributed by atoms with Crippen LogP contribution >= 0.6 is 11.6 Å². The summed E-state index contributed by atoms with van der Waals surface area (Å²) in [7, 11) is 0. The minimum atomic E-state index is -0.952. The van der Waals surface area contributed by atoms with Crippen molar-refractivity contribution in [1.82, 2.24) is 0 Å². The molecule has 1 heterocycles. The van der Waals surface area contributed by atoms with Gasteiger partial charge in [0.15, 0.2) is 5.76 Å². The lowest BCUT2D eigenvalue weighted by molar-refractivity contribution is 0.0509. The van der Waals surface area contributed by atoms with Gasteiger partial charge in [0.25, 0.3) is 0 Å². The molecule has 0 aliphatic heterocycles. The maximum atomic E-state index is 12.3. The number of carbonyl (C=O) groups excluding carboxylic acids is 1. The molecular formula is C16H17ClO3. The first kappa shape index (κ1) is 13.7. The number of rotatable bonds is 3. The molecule has 1 N–H and O–H groups in total. The molecule has 0 bridgehead atoms. The average Bonchev–Trinajstić information content (AvgIpc) is 2.89. The Morgan fingerprint density at radius 3 is 2.75 bits per heavy atom. The van der Waals surface area contributed by atoms with Gasteiger partial charge < -0.3 is 9.52 Å². The van der Waals surface area contributed by atoms with Crippen molar-refractivity contribution >= 4 is 28.4 Å². The Bertz CT molecular complexity index is 626. The molecular weight excluding hydrogens is 276 g/mol. The van der Waals surface area contributed by atoms with Crippen molar-refractivity contribution < 1.29 is 14.3 Å². The fraction of sp³-hybridized carbons (Fsp3) is 0.438. The summed E-state index contributed by atoms with van der Waals surface area (Å²) in [6, 6.07) is 6.88. The molecule has 1 aromatic carbocycles. The van der Waals surface area contributed by atoms with E-state index in [0.717, 1.165) is 31.1 Å². The number of benzene rings is 1. The van der Waals surface area contributed by atoms with E-state index in [-0.39, 0.29) is 17.5 Å². The van der Waals surface area contributed by atoms with Gasteiger partial charge in [0.2, 0.25) is 5.78 Å². The second-order valence-electron chi connectivity index (χ2n) is 5.50. The second kappa shape index (κ2) is 5.58. The molecule has 0 spiro atoms. The van der Waals surface area contributed by atoms with Crippen LogP contribution in [0.15, 0.2) is 28.7 Å². The Labute approximate surface area is 122 Å². The van der Waals surface area contributed by atoms with Crippen LogP contribution < -0.4 is 0 Å². The van der Waals surface area contributed by atoms with Crippen LogP contribution in [0.4, 0.5) is 0 Å². The molecule has 106 valence electrons. The van der Waals surface area contributed by atoms with Crippen LogP contribution in [0.3, 0.4) is 0 Å². The third-order valence-electron chi connectivity index (χ3n) is 4.09. The Morgan fingerprint density at radius 2 is 2.00 bits per heavy atom. The van der Waals surface area contributed by atoms with E-state index in [0.29, 0.717) is 10.6 Å². The molecule has 1 atom stereocenters. The van der Waals surface area contributed by atoms with E-state index in [2.05, 4.69) is 0 Å². The summed E-state index contributed by atoms with van der Waals surface area (Å²) in [6.07, 6.45) is 4.25. The number of hydrogen-bond acceptors (Lipinski definition) is 3. The Morgan fingerprint density at radius 1 is 1.25 bits per heavy atom. The minimum absolute atomic E-state index is 0.0630. The predicted octanol–water partition coefficient (Wildman–Crippen LogP) is 4.21. The lowest BCUT2D eigenvalue weighted by Crippen LogP contribution is -2.30. The van der Waals surface area contributed by atoms with Gasteiger partial charge >= 0.3 is 0 Å². The lowest BCUT2D eigenvalue weighted by atomic mass is 9.83. The molecule has 1 saturated carbocycles. The summed E-state index contributed by atoms with van der Waals surface area (Å²) >= 11 is 5.92. The van der Waals surface area contributed by atoms with Gasteiger partial charge in [0, 0.05) is 10.4 Å². The van der Waals surface area contributed by atoms with Crippen molar-refractivity contribution in [2.75, 3.05) is 0 Å². The van der Waals surface area contributed by atoms with Crippen molar-refractivity contribution in [2.45, 2.75) is 38.2 Å². The summed E-state index contributed by atoms with van der Waals surface area (Å²) in [5, 5.41) is 11.6. The summed E-state index contributed by atoms with van der Waals surface area (Å²) in [5.74, 6) is -0.0300. The van der Waals surface area contributed by atoms with E-state index in [1.54, 1.807) is 24.3 Å². The molecule has 1 aliphatic carbocycles. The minimum Gasteiger partial charge on any atom is -0.453 e. The maximum absolute atomic E-state index is 12.3. The molecule has 1 fully saturated rings. The standard InChI is InChI=1S/C16H17ClO3/c17-12-6-7-13-11(8-12)9-14(20-13)16(19)15(18)10-4-2-1-3-5-10/h6-10,15,18H,1-5H2. The third-order valence-corrected chi connectivity index (χ3v) is 4.32. The number of aliphatic hydroxyl groups is 1. The van der Waals surface area contributed by atoms with Crippen LogP contribution in [-0.4, -0.2) is 17.0 Å². The van der Waals surface area contributed by atoms with E-state index < -0.39 is 6.10 Å². The number of fused-ring (bicyclic) bond motifs is 1. The first-order chi connectivity index (χ1) is 9.65. The summed E-state index contributed by atoms with van der Waals surface area (Å²) in [6.45, 7) is 0. The molecule has 1 aliphatic rings. The van der Waals surface area contributed by atoms with Gasteiger partial charge in [0.05, 0.1) is 0 Å². The van der Waals surface area contributed by atoms with Crippen molar-refractivity contribution in [1.29, 1.82) is 0 Å². The molecule has 3 nitrogen and oxygen atoms in total. The number of aliphatic hydroxyl groups excluding tert-OH is 1. The van der Waals surface area contributed by atoms with Gasteiger partial charge in [-0.15, -0.1) is 0 Å². The van der Waals surface area contributed by atoms with E-state index in [1.807, 2.05) is 0 Å². The molecule has 0 saturated heterocycles. The highest BCUT2D eigenvalue weighted by Gasteiger charge is 2.30. The van der Waals surface area contributed by atoms with Crippen LogP contribution in [0.5, 0.6) is 0 Å². The van der Waals surface area contributed by atoms with E-state index in [1.165, 1.54) is 6.42 Å². The molecule has 4 heteroatoms. The maximum Gasteiger partial charge on any atom is 0.226 e. The Hall–Kier alpha value is -1.32. The lowest BCUT2D eigenvalue weighted by Gasteiger charge is -2.24. The van der Waals surface area contributed by atoms with Gasteiger partial charge in [-0.3, -0.25) is 4.79 Å². The van der Waals surface area contributed by atoms with E-state index >= 15 is 0 Å². The topological polar surface area (TPSA) is 50.4 Å². The smallest absolute Gasteiger partial charge is 0.226 e. The number of hydrogen-bond donors (Lipinski definition) is 1. The average molecular weight is 293 g/mol. The largest absolute Gasteiger partial charge is 0.453 e. The molecule has 0 radical (unpaired) electrons. The molecule has 1 aromatic heterocycles. The van der Waals surface area contributed by atoms with Crippen LogP contribution in [0, 0.1) is 5.92 Å². The van der Waals surface area contributed by atoms with Crippen molar-refractivity contribution in [2.24, 2.45) is 5.92 Å². The summed E-state index contributed by atoms with van der Waals surface area (Å²) in [5.41, 5.74) is 0.619. The Balaban J connectivity index is 1.84. The monoisotopic (exact) mass is 292 g/mol. The second-order valence-corrected chi connectivity index (χ2v) is 5.94. The summed E-state index contributed by atoms with van der Waals surface area (Å²) in [4.78, 5) is 12.3. The van der Waals surface area contributed by atoms with Gasteiger partial charge in [-0.25, -0.2) is 0 Å². The van der Waals surface area contributed by atoms with Crippen LogP contribution in [0.25, 0.3) is 11.0 Å². The molecule has 2 aromatic rings. The first-order valence-corrected chi connectivity index (χ1v) is 7.44. The van der Waals surface area contributed by atoms with Gasteiger partial charge in [-0.05, 0) is 43.0 Å². The van der Waals surface area contributed by atoms with Crippen molar-refractivity contribution in [3.05, 3.63) is 35.0 Å². The number of ketones is 1. The predicted molar refractivity (Wildman–Crippen MR) is 78.1 cm³/mol. The van der Waals surface area contributed by atoms with E-state index in [4.69, 9.17) is 16.0 Å². The third kappa shape index (κ3) is 2.60. The number of Topliss-reactive ketones (excluding diaryl/α,β-unsaturated/α-hetero) is 1. The van der Waals surface area contributed by atoms with Crippen LogP contribution in [-0.2, 0) is 0 Å². The number of halogens is 1. The molecule has 0 amide bonds. The van der Waals surface area contributed by atoms with Crippen molar-refractivity contribution in [3.8, 4) is 0 Å². The number of carbonyl (C=O) groups is 1. The highest BCUT2D eigenvalue weighted by Crippen LogP contribution is 2.29. The Kier molecular flexibility index (Phi) is 3.81. The zero-order valence-electron chi connectivity index (χ0n) is 11.1. The van der Waals surface area contributed by atoms with E-state index in [9.17, 15) is 9.90 Å². The molecule has 3 rings (SSSR count).